The summed E-state index contributed by atoms with van der Waals surface area (Å²) in [5.41, 5.74) is 3.90. The number of halogens is 1. The number of aromatic nitrogens is 3. The Morgan fingerprint density at radius 1 is 1.03 bits per heavy atom. The molecule has 0 saturated heterocycles. The van der Waals surface area contributed by atoms with Crippen LogP contribution in [0.5, 0.6) is 0 Å². The quantitative estimate of drug-likeness (QED) is 0.346. The van der Waals surface area contributed by atoms with Crippen LogP contribution in [0.2, 0.25) is 0 Å². The van der Waals surface area contributed by atoms with Crippen molar-refractivity contribution < 1.29 is 13.0 Å². The Bertz CT molecular complexity index is 1400. The van der Waals surface area contributed by atoms with Crippen molar-refractivity contribution in [2.75, 3.05) is 9.73 Å². The molecule has 11 heteroatoms. The van der Waals surface area contributed by atoms with Gasteiger partial charge in [0.2, 0.25) is 0 Å². The zero-order valence-electron chi connectivity index (χ0n) is 17.0. The molecule has 3 aromatic carbocycles. The molecule has 166 valence electrons. The molecule has 0 unspecified atom stereocenters. The summed E-state index contributed by atoms with van der Waals surface area (Å²) in [7, 11) is -4.37. The molecule has 4 rings (SSSR count). The second-order valence-corrected chi connectivity index (χ2v) is 9.09. The molecule has 0 spiro atoms. The van der Waals surface area contributed by atoms with Crippen LogP contribution in [0, 0.1) is 11.3 Å². The number of rotatable bonds is 7. The van der Waals surface area contributed by atoms with Crippen molar-refractivity contribution in [3.63, 3.8) is 0 Å². The van der Waals surface area contributed by atoms with Crippen LogP contribution in [0.3, 0.4) is 0 Å². The number of nitriles is 1. The van der Waals surface area contributed by atoms with Crippen LogP contribution in [0.1, 0.15) is 11.1 Å². The van der Waals surface area contributed by atoms with Gasteiger partial charge in [0.05, 0.1) is 29.6 Å². The Morgan fingerprint density at radius 3 is 2.30 bits per heavy atom. The predicted octanol–water partition coefficient (Wildman–Crippen LogP) is 4.26. The summed E-state index contributed by atoms with van der Waals surface area (Å²) >= 11 is 3.45. The first-order chi connectivity index (χ1) is 15.8. The largest absolute Gasteiger partial charge is 0.357 e. The van der Waals surface area contributed by atoms with Crippen molar-refractivity contribution in [2.24, 2.45) is 0 Å². The molecule has 0 bridgehead atoms. The molecule has 0 aliphatic rings. The summed E-state index contributed by atoms with van der Waals surface area (Å²) < 4.78 is 35.8. The van der Waals surface area contributed by atoms with Gasteiger partial charge in [-0.05, 0) is 53.6 Å². The third-order valence-corrected chi connectivity index (χ3v) is 5.82. The Morgan fingerprint density at radius 2 is 1.70 bits per heavy atom. The van der Waals surface area contributed by atoms with Gasteiger partial charge < -0.3 is 0 Å². The lowest BCUT2D eigenvalue weighted by Gasteiger charge is -2.26. The lowest BCUT2D eigenvalue weighted by atomic mass is 9.99. The van der Waals surface area contributed by atoms with E-state index in [1.54, 1.807) is 35.5 Å². The molecular formula is C22H17BrN6O3S. The van der Waals surface area contributed by atoms with Crippen molar-refractivity contribution in [3.8, 4) is 17.2 Å². The van der Waals surface area contributed by atoms with Crippen molar-refractivity contribution in [1.29, 1.82) is 5.26 Å². The van der Waals surface area contributed by atoms with Crippen LogP contribution < -0.4 is 9.73 Å². The van der Waals surface area contributed by atoms with E-state index in [1.807, 2.05) is 46.1 Å². The third kappa shape index (κ3) is 5.56. The van der Waals surface area contributed by atoms with Crippen molar-refractivity contribution in [3.05, 3.63) is 95.0 Å². The zero-order valence-corrected chi connectivity index (χ0v) is 19.4. The van der Waals surface area contributed by atoms with Crippen molar-refractivity contribution in [2.45, 2.75) is 6.54 Å². The fourth-order valence-electron chi connectivity index (χ4n) is 3.28. The average Bonchev–Trinajstić information content (AvgIpc) is 3.32. The molecular weight excluding hydrogens is 508 g/mol. The molecule has 1 aromatic heterocycles. The highest BCUT2D eigenvalue weighted by atomic mass is 79.9. The summed E-state index contributed by atoms with van der Waals surface area (Å²) in [5.74, 6) is 0. The average molecular weight is 525 g/mol. The molecule has 1 heterocycles. The maximum atomic E-state index is 11.0. The van der Waals surface area contributed by atoms with Crippen molar-refractivity contribution >= 4 is 37.6 Å². The van der Waals surface area contributed by atoms with Gasteiger partial charge in [0, 0.05) is 10.0 Å². The molecule has 0 amide bonds. The maximum absolute atomic E-state index is 11.0. The maximum Gasteiger partial charge on any atom is 0.357 e. The van der Waals surface area contributed by atoms with E-state index in [2.05, 4.69) is 32.2 Å². The molecule has 0 aliphatic carbocycles. The van der Waals surface area contributed by atoms with Gasteiger partial charge in [-0.15, -0.1) is 10.2 Å². The van der Waals surface area contributed by atoms with Gasteiger partial charge in [-0.1, -0.05) is 40.2 Å². The number of hydrogen-bond donors (Lipinski definition) is 2. The summed E-state index contributed by atoms with van der Waals surface area (Å²) in [6, 6.07) is 22.0. The van der Waals surface area contributed by atoms with Crippen LogP contribution in [-0.2, 0) is 16.8 Å². The van der Waals surface area contributed by atoms with Gasteiger partial charge in [0.1, 0.15) is 12.7 Å². The smallest absolute Gasteiger partial charge is 0.274 e. The summed E-state index contributed by atoms with van der Waals surface area (Å²) in [5, 5.41) is 19.4. The third-order valence-electron chi connectivity index (χ3n) is 4.80. The van der Waals surface area contributed by atoms with Crippen LogP contribution in [-0.4, -0.2) is 27.8 Å². The SMILES string of the molecule is N#Cc1ccc(N(Cc2ccc(Br)cc2)n2cnnc2)cc1-c1ccc(NS(=O)(=O)O)cc1. The Balaban J connectivity index is 1.73. The lowest BCUT2D eigenvalue weighted by molar-refractivity contribution is 0.489. The highest BCUT2D eigenvalue weighted by Crippen LogP contribution is 2.30. The standard InChI is InChI=1S/C22H17BrN6O3S/c23-19-6-1-16(2-7-19)13-29(28-14-25-26-15-28)21-10-5-18(12-24)22(11-21)17-3-8-20(9-4-17)27-33(30,31)32/h1-11,14-15,27H,13H2,(H,30,31,32). The first-order valence-corrected chi connectivity index (χ1v) is 11.8. The number of benzene rings is 3. The molecule has 0 aliphatic heterocycles. The predicted molar refractivity (Wildman–Crippen MR) is 128 cm³/mol. The van der Waals surface area contributed by atoms with Gasteiger partial charge >= 0.3 is 10.3 Å². The minimum atomic E-state index is -4.37. The number of nitrogens with zero attached hydrogens (tertiary/aromatic N) is 5. The van der Waals surface area contributed by atoms with Gasteiger partial charge in [-0.3, -0.25) is 14.3 Å². The van der Waals surface area contributed by atoms with E-state index >= 15 is 0 Å². The minimum absolute atomic E-state index is 0.206. The number of anilines is 2. The second-order valence-electron chi connectivity index (χ2n) is 7.02. The molecule has 33 heavy (non-hydrogen) atoms. The van der Waals surface area contributed by atoms with E-state index < -0.39 is 10.3 Å². The second kappa shape index (κ2) is 9.41. The van der Waals surface area contributed by atoms with Crippen LogP contribution in [0.25, 0.3) is 11.1 Å². The Hall–Kier alpha value is -3.72. The fourth-order valence-corrected chi connectivity index (χ4v) is 3.98. The highest BCUT2D eigenvalue weighted by molar-refractivity contribution is 9.10. The Kier molecular flexibility index (Phi) is 6.41. The normalized spacial score (nSPS) is 11.1. The van der Waals surface area contributed by atoms with Gasteiger partial charge in [0.25, 0.3) is 0 Å². The van der Waals surface area contributed by atoms with Gasteiger partial charge in [0.15, 0.2) is 0 Å². The van der Waals surface area contributed by atoms with Crippen LogP contribution in [0.4, 0.5) is 11.4 Å². The van der Waals surface area contributed by atoms with E-state index in [0.29, 0.717) is 23.2 Å². The van der Waals surface area contributed by atoms with E-state index in [4.69, 9.17) is 4.55 Å². The van der Waals surface area contributed by atoms with Gasteiger partial charge in [-0.25, -0.2) is 4.68 Å². The molecule has 0 saturated carbocycles. The molecule has 0 atom stereocenters. The fraction of sp³-hybridized carbons (Fsp3) is 0.0455. The summed E-state index contributed by atoms with van der Waals surface area (Å²) in [6.07, 6.45) is 3.18. The lowest BCUT2D eigenvalue weighted by Crippen LogP contribution is -2.27. The molecule has 2 N–H and O–H groups in total. The first kappa shape index (κ1) is 22.5. The first-order valence-electron chi connectivity index (χ1n) is 9.59. The van der Waals surface area contributed by atoms with E-state index in [1.165, 1.54) is 12.1 Å². The van der Waals surface area contributed by atoms with Crippen LogP contribution >= 0.6 is 15.9 Å². The molecule has 9 nitrogen and oxygen atoms in total. The molecule has 0 radical (unpaired) electrons. The zero-order chi connectivity index (χ0) is 23.4. The van der Waals surface area contributed by atoms with E-state index in [0.717, 1.165) is 15.7 Å². The minimum Gasteiger partial charge on any atom is -0.274 e. The van der Waals surface area contributed by atoms with Crippen molar-refractivity contribution in [1.82, 2.24) is 14.9 Å². The number of nitrogens with one attached hydrogen (secondary N) is 1. The summed E-state index contributed by atoms with van der Waals surface area (Å²) in [4.78, 5) is 0. The highest BCUT2D eigenvalue weighted by Gasteiger charge is 2.14. The van der Waals surface area contributed by atoms with Gasteiger partial charge in [-0.2, -0.15) is 13.7 Å². The van der Waals surface area contributed by atoms with E-state index in [9.17, 15) is 13.7 Å². The monoisotopic (exact) mass is 524 g/mol. The Labute approximate surface area is 198 Å². The summed E-state index contributed by atoms with van der Waals surface area (Å²) in [6.45, 7) is 0.522. The van der Waals surface area contributed by atoms with E-state index in [-0.39, 0.29) is 5.69 Å². The number of hydrogen-bond acceptors (Lipinski definition) is 6. The molecule has 4 aromatic rings. The molecule has 0 fully saturated rings. The topological polar surface area (TPSA) is 124 Å². The van der Waals surface area contributed by atoms with Crippen LogP contribution in [0.15, 0.2) is 83.9 Å².